The number of anilines is 1. The Bertz CT molecular complexity index is 930. The zero-order valence-corrected chi connectivity index (χ0v) is 12.8. The fourth-order valence-electron chi connectivity index (χ4n) is 2.94. The number of benzene rings is 3. The normalized spacial score (nSPS) is 15.0. The second-order valence-corrected chi connectivity index (χ2v) is 5.60. The molecule has 2 nitrogen and oxygen atoms in total. The quantitative estimate of drug-likeness (QED) is 0.653. The standard InChI is InChI=1S/C21H14FNO/c22-16-10-12-17(13-11-16)23-20(14-15-6-2-1-3-7-15)18-8-4-5-9-19(18)21(23)24/h1-14H. The van der Waals surface area contributed by atoms with Crippen LogP contribution in [0.15, 0.2) is 78.9 Å². The van der Waals surface area contributed by atoms with Crippen molar-refractivity contribution in [3.8, 4) is 0 Å². The number of nitrogens with zero attached hydrogens (tertiary/aromatic N) is 1. The van der Waals surface area contributed by atoms with E-state index in [1.807, 2.05) is 60.7 Å². The van der Waals surface area contributed by atoms with Crippen LogP contribution in [0.2, 0.25) is 0 Å². The minimum absolute atomic E-state index is 0.0978. The number of hydrogen-bond acceptors (Lipinski definition) is 1. The number of amides is 1. The van der Waals surface area contributed by atoms with Gasteiger partial charge in [0.1, 0.15) is 5.82 Å². The van der Waals surface area contributed by atoms with E-state index >= 15 is 0 Å². The van der Waals surface area contributed by atoms with Crippen LogP contribution in [0, 0.1) is 5.82 Å². The van der Waals surface area contributed by atoms with E-state index in [0.717, 1.165) is 16.8 Å². The number of rotatable bonds is 2. The lowest BCUT2D eigenvalue weighted by atomic mass is 10.1. The predicted molar refractivity (Wildman–Crippen MR) is 94.0 cm³/mol. The second kappa shape index (κ2) is 5.78. The summed E-state index contributed by atoms with van der Waals surface area (Å²) in [5.41, 5.74) is 4.00. The van der Waals surface area contributed by atoms with Crippen LogP contribution < -0.4 is 4.90 Å². The van der Waals surface area contributed by atoms with Gasteiger partial charge in [-0.3, -0.25) is 9.69 Å². The summed E-state index contributed by atoms with van der Waals surface area (Å²) in [6.45, 7) is 0. The van der Waals surface area contributed by atoms with Gasteiger partial charge in [0.05, 0.1) is 5.70 Å². The molecular formula is C21H14FNO. The SMILES string of the molecule is O=C1c2ccccc2C(=Cc2ccccc2)N1c1ccc(F)cc1. The molecule has 3 aromatic rings. The minimum atomic E-state index is -0.323. The summed E-state index contributed by atoms with van der Waals surface area (Å²) in [5, 5.41) is 0. The number of carbonyl (C=O) groups is 1. The zero-order valence-electron chi connectivity index (χ0n) is 12.8. The molecule has 116 valence electrons. The van der Waals surface area contributed by atoms with Gasteiger partial charge in [0.25, 0.3) is 5.91 Å². The Kier molecular flexibility index (Phi) is 3.47. The smallest absolute Gasteiger partial charge is 0.263 e. The van der Waals surface area contributed by atoms with Crippen molar-refractivity contribution < 1.29 is 9.18 Å². The van der Waals surface area contributed by atoms with Gasteiger partial charge in [0.2, 0.25) is 0 Å². The third kappa shape index (κ3) is 2.40. The lowest BCUT2D eigenvalue weighted by Crippen LogP contribution is -2.22. The van der Waals surface area contributed by atoms with Gasteiger partial charge in [-0.2, -0.15) is 0 Å². The molecule has 3 aromatic carbocycles. The largest absolute Gasteiger partial charge is 0.276 e. The third-order valence-corrected chi connectivity index (χ3v) is 4.07. The fourth-order valence-corrected chi connectivity index (χ4v) is 2.94. The summed E-state index contributed by atoms with van der Waals surface area (Å²) < 4.78 is 13.3. The maximum Gasteiger partial charge on any atom is 0.263 e. The Morgan fingerprint density at radius 3 is 2.08 bits per heavy atom. The number of carbonyl (C=O) groups excluding carboxylic acids is 1. The lowest BCUT2D eigenvalue weighted by molar-refractivity contribution is 0.101. The van der Waals surface area contributed by atoms with E-state index in [2.05, 4.69) is 0 Å². The predicted octanol–water partition coefficient (Wildman–Crippen LogP) is 4.98. The maximum absolute atomic E-state index is 13.3. The van der Waals surface area contributed by atoms with Gasteiger partial charge < -0.3 is 0 Å². The van der Waals surface area contributed by atoms with Crippen LogP contribution in [0.4, 0.5) is 10.1 Å². The Morgan fingerprint density at radius 1 is 0.750 bits per heavy atom. The first kappa shape index (κ1) is 14.4. The van der Waals surface area contributed by atoms with Gasteiger partial charge in [-0.1, -0.05) is 48.5 Å². The third-order valence-electron chi connectivity index (χ3n) is 4.07. The van der Waals surface area contributed by atoms with E-state index in [9.17, 15) is 9.18 Å². The number of hydrogen-bond donors (Lipinski definition) is 0. The molecule has 0 saturated carbocycles. The van der Waals surface area contributed by atoms with Crippen molar-refractivity contribution in [3.05, 3.63) is 101 Å². The highest BCUT2D eigenvalue weighted by Crippen LogP contribution is 2.37. The van der Waals surface area contributed by atoms with Crippen molar-refractivity contribution in [2.24, 2.45) is 0 Å². The van der Waals surface area contributed by atoms with Gasteiger partial charge in [-0.05, 0) is 42.0 Å². The molecule has 3 heteroatoms. The Morgan fingerprint density at radius 2 is 1.38 bits per heavy atom. The highest BCUT2D eigenvalue weighted by molar-refractivity contribution is 6.24. The molecule has 0 saturated heterocycles. The van der Waals surface area contributed by atoms with E-state index < -0.39 is 0 Å². The first-order chi connectivity index (χ1) is 11.7. The molecule has 0 bridgehead atoms. The molecule has 0 radical (unpaired) electrons. The van der Waals surface area contributed by atoms with Crippen LogP contribution in [-0.2, 0) is 0 Å². The first-order valence-electron chi connectivity index (χ1n) is 7.70. The van der Waals surface area contributed by atoms with Crippen molar-refractivity contribution in [1.29, 1.82) is 0 Å². The van der Waals surface area contributed by atoms with Crippen LogP contribution >= 0.6 is 0 Å². The van der Waals surface area contributed by atoms with Crippen LogP contribution in [0.1, 0.15) is 21.5 Å². The van der Waals surface area contributed by atoms with Gasteiger partial charge >= 0.3 is 0 Å². The van der Waals surface area contributed by atoms with E-state index in [1.54, 1.807) is 17.0 Å². The lowest BCUT2D eigenvalue weighted by Gasteiger charge is -2.18. The van der Waals surface area contributed by atoms with Gasteiger partial charge in [0.15, 0.2) is 0 Å². The summed E-state index contributed by atoms with van der Waals surface area (Å²) in [7, 11) is 0. The van der Waals surface area contributed by atoms with Crippen LogP contribution in [0.25, 0.3) is 11.8 Å². The van der Waals surface area contributed by atoms with Gasteiger partial charge in [-0.25, -0.2) is 4.39 Å². The zero-order chi connectivity index (χ0) is 16.5. The van der Waals surface area contributed by atoms with Crippen LogP contribution in [0.5, 0.6) is 0 Å². The summed E-state index contributed by atoms with van der Waals surface area (Å²) in [6, 6.07) is 23.3. The molecule has 0 aliphatic carbocycles. The molecule has 1 aliphatic heterocycles. The van der Waals surface area contributed by atoms with E-state index in [4.69, 9.17) is 0 Å². The van der Waals surface area contributed by atoms with Crippen molar-refractivity contribution in [2.75, 3.05) is 4.90 Å². The molecule has 0 fully saturated rings. The molecule has 0 spiro atoms. The molecule has 24 heavy (non-hydrogen) atoms. The molecule has 0 atom stereocenters. The van der Waals surface area contributed by atoms with Crippen molar-refractivity contribution >= 4 is 23.4 Å². The molecule has 4 rings (SSSR count). The Labute approximate surface area is 139 Å². The molecule has 1 aliphatic rings. The fraction of sp³-hybridized carbons (Fsp3) is 0. The topological polar surface area (TPSA) is 20.3 Å². The van der Waals surface area contributed by atoms with Crippen LogP contribution in [-0.4, -0.2) is 5.91 Å². The molecule has 0 N–H and O–H groups in total. The van der Waals surface area contributed by atoms with Crippen molar-refractivity contribution in [1.82, 2.24) is 0 Å². The average molecular weight is 315 g/mol. The van der Waals surface area contributed by atoms with E-state index in [1.165, 1.54) is 12.1 Å². The van der Waals surface area contributed by atoms with Gasteiger partial charge in [0, 0.05) is 16.8 Å². The highest BCUT2D eigenvalue weighted by Gasteiger charge is 2.32. The number of halogens is 1. The van der Waals surface area contributed by atoms with Crippen molar-refractivity contribution in [2.45, 2.75) is 0 Å². The van der Waals surface area contributed by atoms with E-state index in [-0.39, 0.29) is 11.7 Å². The Balaban J connectivity index is 1.90. The molecular weight excluding hydrogens is 301 g/mol. The number of fused-ring (bicyclic) bond motifs is 1. The van der Waals surface area contributed by atoms with E-state index in [0.29, 0.717) is 11.3 Å². The summed E-state index contributed by atoms with van der Waals surface area (Å²) in [5.74, 6) is -0.420. The highest BCUT2D eigenvalue weighted by atomic mass is 19.1. The second-order valence-electron chi connectivity index (χ2n) is 5.60. The molecule has 1 heterocycles. The summed E-state index contributed by atoms with van der Waals surface area (Å²) >= 11 is 0. The molecule has 0 unspecified atom stereocenters. The average Bonchev–Trinajstić information content (AvgIpc) is 2.89. The minimum Gasteiger partial charge on any atom is -0.276 e. The molecule has 0 aromatic heterocycles. The first-order valence-corrected chi connectivity index (χ1v) is 7.70. The Hall–Kier alpha value is -3.20. The van der Waals surface area contributed by atoms with Crippen molar-refractivity contribution in [3.63, 3.8) is 0 Å². The summed E-state index contributed by atoms with van der Waals surface area (Å²) in [6.07, 6.45) is 1.98. The maximum atomic E-state index is 13.3. The van der Waals surface area contributed by atoms with Crippen LogP contribution in [0.3, 0.4) is 0 Å². The molecule has 1 amide bonds. The monoisotopic (exact) mass is 315 g/mol. The summed E-state index contributed by atoms with van der Waals surface area (Å²) in [4.78, 5) is 14.5. The van der Waals surface area contributed by atoms with Gasteiger partial charge in [-0.15, -0.1) is 0 Å².